The maximum Gasteiger partial charge on any atom is 0.338 e. The zero-order chi connectivity index (χ0) is 26.5. The van der Waals surface area contributed by atoms with E-state index >= 15 is 0 Å². The van der Waals surface area contributed by atoms with E-state index in [1.165, 1.54) is 0 Å². The molecule has 2 bridgehead atoms. The fourth-order valence-electron chi connectivity index (χ4n) is 7.16. The van der Waals surface area contributed by atoms with Crippen molar-refractivity contribution in [2.75, 3.05) is 0 Å². The first-order chi connectivity index (χ1) is 17.6. The van der Waals surface area contributed by atoms with E-state index in [9.17, 15) is 14.7 Å². The zero-order valence-corrected chi connectivity index (χ0v) is 22.0. The molecule has 1 N–H and O–H groups in total. The lowest BCUT2D eigenvalue weighted by Gasteiger charge is -2.53. The van der Waals surface area contributed by atoms with Gasteiger partial charge >= 0.3 is 11.9 Å². The molecule has 0 spiro atoms. The minimum atomic E-state index is -1.37. The fourth-order valence-corrected chi connectivity index (χ4v) is 7.16. The third-order valence-electron chi connectivity index (χ3n) is 9.21. The summed E-state index contributed by atoms with van der Waals surface area (Å²) < 4.78 is 19.2. The maximum atomic E-state index is 13.6. The molecule has 2 aromatic rings. The number of aliphatic hydroxyl groups excluding tert-OH is 1. The molecule has 37 heavy (non-hydrogen) atoms. The molecule has 1 aliphatic carbocycles. The molecule has 2 saturated heterocycles. The van der Waals surface area contributed by atoms with Gasteiger partial charge in [-0.15, -0.1) is 12.3 Å². The Balaban J connectivity index is 1.49. The molecule has 3 fully saturated rings. The number of carbonyl (C=O) groups excluding carboxylic acids is 2. The predicted octanol–water partition coefficient (Wildman–Crippen LogP) is 4.91. The SMILES string of the molecule is C#CC[C@@H](O)C(=O)O[C@@H]1C[C@]2(C(C)C)O[C@@]1(C)[C@@H]1CC[C@@H](C)[C@H]1[C@@H]2OC(=O)c1ccc2ccccc2c1. The minimum Gasteiger partial charge on any atom is -0.457 e. The standard InChI is InChI=1S/C31H36O6/c1-6-9-24(32)29(34)35-25-17-31(18(2)3)27(26-19(4)12-15-23(26)30(25,5)37-31)36-28(33)22-14-13-20-10-7-8-11-21(20)16-22/h1,7-8,10-11,13-14,16,18-19,23-27,32H,9,12,15,17H2,2-5H3/t19-,23-,24-,25-,26-,27+,30+,31-/m1/s1. The average molecular weight is 505 g/mol. The van der Waals surface area contributed by atoms with Gasteiger partial charge in [0, 0.05) is 18.8 Å². The summed E-state index contributed by atoms with van der Waals surface area (Å²) in [5.41, 5.74) is -1.05. The van der Waals surface area contributed by atoms with E-state index in [-0.39, 0.29) is 30.1 Å². The van der Waals surface area contributed by atoms with Gasteiger partial charge in [-0.1, -0.05) is 51.1 Å². The van der Waals surface area contributed by atoms with Gasteiger partial charge in [-0.05, 0) is 60.4 Å². The lowest BCUT2D eigenvalue weighted by Crippen LogP contribution is -2.62. The third-order valence-corrected chi connectivity index (χ3v) is 9.21. The molecule has 2 aromatic carbocycles. The summed E-state index contributed by atoms with van der Waals surface area (Å²) in [6.45, 7) is 8.35. The molecule has 0 unspecified atom stereocenters. The molecule has 6 nitrogen and oxygen atoms in total. The zero-order valence-electron chi connectivity index (χ0n) is 22.0. The fraction of sp³-hybridized carbons (Fsp3) is 0.548. The number of terminal acetylenes is 1. The summed E-state index contributed by atoms with van der Waals surface area (Å²) >= 11 is 0. The molecule has 0 radical (unpaired) electrons. The highest BCUT2D eigenvalue weighted by Crippen LogP contribution is 2.63. The summed E-state index contributed by atoms with van der Waals surface area (Å²) in [5.74, 6) is 1.65. The second-order valence-corrected chi connectivity index (χ2v) is 11.6. The molecule has 0 amide bonds. The minimum absolute atomic E-state index is 0.00527. The first kappa shape index (κ1) is 25.8. The molecular formula is C31H36O6. The predicted molar refractivity (Wildman–Crippen MR) is 140 cm³/mol. The molecular weight excluding hydrogens is 468 g/mol. The Kier molecular flexibility index (Phi) is 6.58. The van der Waals surface area contributed by atoms with Crippen LogP contribution in [0.25, 0.3) is 10.8 Å². The van der Waals surface area contributed by atoms with Crippen molar-refractivity contribution in [3.05, 3.63) is 48.0 Å². The van der Waals surface area contributed by atoms with Crippen LogP contribution in [0.15, 0.2) is 42.5 Å². The van der Waals surface area contributed by atoms with Crippen molar-refractivity contribution in [2.24, 2.45) is 23.7 Å². The van der Waals surface area contributed by atoms with Crippen LogP contribution in [0.3, 0.4) is 0 Å². The number of hydrogen-bond donors (Lipinski definition) is 1. The van der Waals surface area contributed by atoms with Crippen LogP contribution in [0.1, 0.15) is 63.7 Å². The Morgan fingerprint density at radius 1 is 1.16 bits per heavy atom. The lowest BCUT2D eigenvalue weighted by molar-refractivity contribution is -0.259. The molecule has 1 saturated carbocycles. The van der Waals surface area contributed by atoms with Crippen molar-refractivity contribution in [2.45, 2.75) is 82.9 Å². The number of rotatable bonds is 6. The highest BCUT2D eigenvalue weighted by molar-refractivity contribution is 5.95. The number of aliphatic hydroxyl groups is 1. The normalized spacial score (nSPS) is 35.1. The highest BCUT2D eigenvalue weighted by Gasteiger charge is 2.72. The van der Waals surface area contributed by atoms with Crippen LogP contribution >= 0.6 is 0 Å². The van der Waals surface area contributed by atoms with Crippen LogP contribution in [0.4, 0.5) is 0 Å². The van der Waals surface area contributed by atoms with E-state index in [4.69, 9.17) is 20.6 Å². The Hall–Kier alpha value is -2.88. The monoisotopic (exact) mass is 504 g/mol. The van der Waals surface area contributed by atoms with E-state index in [1.54, 1.807) is 0 Å². The Morgan fingerprint density at radius 3 is 2.59 bits per heavy atom. The molecule has 8 atom stereocenters. The van der Waals surface area contributed by atoms with E-state index < -0.39 is 35.5 Å². The van der Waals surface area contributed by atoms with E-state index in [1.807, 2.05) is 49.4 Å². The van der Waals surface area contributed by atoms with Crippen molar-refractivity contribution in [1.29, 1.82) is 0 Å². The highest BCUT2D eigenvalue weighted by atomic mass is 16.6. The largest absolute Gasteiger partial charge is 0.457 e. The Labute approximate surface area is 218 Å². The van der Waals surface area contributed by atoms with Crippen molar-refractivity contribution < 1.29 is 28.9 Å². The second kappa shape index (κ2) is 9.45. The summed E-state index contributed by atoms with van der Waals surface area (Å²) in [6, 6.07) is 13.5. The van der Waals surface area contributed by atoms with Crippen molar-refractivity contribution >= 4 is 22.7 Å². The quantitative estimate of drug-likeness (QED) is 0.445. The topological polar surface area (TPSA) is 82.1 Å². The van der Waals surface area contributed by atoms with Gasteiger partial charge < -0.3 is 19.3 Å². The van der Waals surface area contributed by atoms with Crippen molar-refractivity contribution in [3.63, 3.8) is 0 Å². The van der Waals surface area contributed by atoms with Crippen molar-refractivity contribution in [3.8, 4) is 12.3 Å². The van der Waals surface area contributed by atoms with Crippen LogP contribution in [0.5, 0.6) is 0 Å². The molecule has 2 aliphatic heterocycles. The summed E-state index contributed by atoms with van der Waals surface area (Å²) in [6.07, 6.45) is 5.02. The van der Waals surface area contributed by atoms with Crippen LogP contribution in [-0.2, 0) is 19.0 Å². The first-order valence-electron chi connectivity index (χ1n) is 13.3. The maximum absolute atomic E-state index is 13.6. The molecule has 3 aliphatic rings. The number of esters is 2. The van der Waals surface area contributed by atoms with Gasteiger partial charge in [0.2, 0.25) is 0 Å². The van der Waals surface area contributed by atoms with Gasteiger partial charge in [0.25, 0.3) is 0 Å². The van der Waals surface area contributed by atoms with Gasteiger partial charge in [0.05, 0.1) is 5.56 Å². The van der Waals surface area contributed by atoms with E-state index in [0.29, 0.717) is 17.9 Å². The average Bonchev–Trinajstić information content (AvgIpc) is 3.39. The Morgan fingerprint density at radius 2 is 1.89 bits per heavy atom. The van der Waals surface area contributed by atoms with Crippen LogP contribution in [0, 0.1) is 36.0 Å². The van der Waals surface area contributed by atoms with Gasteiger partial charge in [-0.25, -0.2) is 9.59 Å². The summed E-state index contributed by atoms with van der Waals surface area (Å²) in [7, 11) is 0. The summed E-state index contributed by atoms with van der Waals surface area (Å²) in [4.78, 5) is 26.3. The number of hydrogen-bond acceptors (Lipinski definition) is 6. The van der Waals surface area contributed by atoms with Crippen LogP contribution in [0.2, 0.25) is 0 Å². The smallest absolute Gasteiger partial charge is 0.338 e. The van der Waals surface area contributed by atoms with Gasteiger partial charge in [-0.2, -0.15) is 0 Å². The second-order valence-electron chi connectivity index (χ2n) is 11.6. The van der Waals surface area contributed by atoms with Crippen LogP contribution < -0.4 is 0 Å². The van der Waals surface area contributed by atoms with Crippen molar-refractivity contribution in [1.82, 2.24) is 0 Å². The van der Waals surface area contributed by atoms with Gasteiger partial charge in [0.15, 0.2) is 6.10 Å². The molecule has 6 heteroatoms. The van der Waals surface area contributed by atoms with Gasteiger partial charge in [0.1, 0.15) is 23.4 Å². The number of benzene rings is 2. The number of fused-ring (bicyclic) bond motifs is 5. The van der Waals surface area contributed by atoms with Crippen LogP contribution in [-0.4, -0.2) is 46.6 Å². The third kappa shape index (κ3) is 4.13. The molecule has 0 aromatic heterocycles. The van der Waals surface area contributed by atoms with Gasteiger partial charge in [-0.3, -0.25) is 0 Å². The molecule has 5 rings (SSSR count). The number of carbonyl (C=O) groups is 2. The lowest BCUT2D eigenvalue weighted by atomic mass is 9.69. The van der Waals surface area contributed by atoms with E-state index in [0.717, 1.165) is 23.6 Å². The Bertz CT molecular complexity index is 1250. The molecule has 2 heterocycles. The first-order valence-corrected chi connectivity index (χ1v) is 13.3. The van der Waals surface area contributed by atoms with E-state index in [2.05, 4.69) is 26.7 Å². The number of ether oxygens (including phenoxy) is 3. The summed E-state index contributed by atoms with van der Waals surface area (Å²) in [5, 5.41) is 12.2. The molecule has 196 valence electrons.